The number of benzene rings is 3. The number of hydrogen-bond donors (Lipinski definition) is 0. The molecule has 0 aliphatic heterocycles. The van der Waals surface area contributed by atoms with E-state index in [0.717, 1.165) is 20.3 Å². The molecule has 3 rings (SSSR count). The zero-order valence-corrected chi connectivity index (χ0v) is 38.7. The highest BCUT2D eigenvalue weighted by Gasteiger charge is 1.87. The molecule has 0 N–H and O–H groups in total. The average Bonchev–Trinajstić information content (AvgIpc) is 3.27. The van der Waals surface area contributed by atoms with Crippen molar-refractivity contribution in [3.8, 4) is 0 Å². The zero-order valence-electron chi connectivity index (χ0n) is 38.7. The lowest BCUT2D eigenvalue weighted by molar-refractivity contribution is 0.309. The minimum atomic E-state index is -0.741. The number of allylic oxidation sites excluding steroid dienone is 9. The van der Waals surface area contributed by atoms with Crippen molar-refractivity contribution in [2.45, 2.75) is 82.6 Å². The zero-order chi connectivity index (χ0) is 46.3. The first kappa shape index (κ1) is 67.1. The summed E-state index contributed by atoms with van der Waals surface area (Å²) in [7, 11) is 4.79. The minimum Gasteiger partial charge on any atom is -0.505 e. The van der Waals surface area contributed by atoms with Crippen molar-refractivity contribution in [1.29, 1.82) is 0 Å². The molecular weight excluding hydrogens is 723 g/mol. The van der Waals surface area contributed by atoms with E-state index >= 15 is 0 Å². The molecule has 324 valence electrons. The highest BCUT2D eigenvalue weighted by Crippen LogP contribution is 2.05. The standard InChI is InChI=1S/C10H12.C9H10.C8H8.C6H10O.C4H6F2.C4H8O.C4H8.C3H6O.C3H6.C2H6/c1-3-9-5-7-10(4-2)8-6-9;1-2-6-9-7-4-3-5-8-9;1-2-8-6-4-3-5-7-8;1-4-5-6(2)7-3;1-3(5)4(2)6;1-3-4-5-2;2*1-3-4-2;1-3-2;1-2/h3,5-8H,1,4H2,2H3;2-8H,1H3;2-7H,1H2;4-5H,2H2,1,3H3;1-2H3;3-4H,1-2H3;3-4H,1-2H3;3H,1H2,2H3;3H,1H2,2H3;1-2H3/b;6-2-;;5-4-;3*4-3-;;;. The molecule has 58 heavy (non-hydrogen) atoms. The van der Waals surface area contributed by atoms with Crippen LogP contribution in [0.15, 0.2) is 190 Å². The molecule has 0 bridgehead atoms. The lowest BCUT2D eigenvalue weighted by Gasteiger charge is -1.95. The summed E-state index contributed by atoms with van der Waals surface area (Å²) in [6, 6.07) is 28.7. The normalized spacial score (nSPS) is 9.10. The summed E-state index contributed by atoms with van der Waals surface area (Å²) < 4.78 is 36.2. The van der Waals surface area contributed by atoms with Crippen molar-refractivity contribution in [3.63, 3.8) is 0 Å². The van der Waals surface area contributed by atoms with Crippen LogP contribution in [-0.2, 0) is 20.6 Å². The fraction of sp³-hybridized carbons (Fsp3) is 0.283. The third-order valence-corrected chi connectivity index (χ3v) is 5.68. The van der Waals surface area contributed by atoms with Crippen LogP contribution < -0.4 is 0 Å². The van der Waals surface area contributed by atoms with Gasteiger partial charge in [-0.05, 0) is 90.1 Å². The van der Waals surface area contributed by atoms with Gasteiger partial charge in [0.15, 0.2) is 0 Å². The second-order valence-electron chi connectivity index (χ2n) is 10.2. The number of ether oxygens (including phenoxy) is 3. The third-order valence-electron chi connectivity index (χ3n) is 5.68. The van der Waals surface area contributed by atoms with E-state index in [4.69, 9.17) is 4.74 Å². The Morgan fingerprint density at radius 3 is 1.14 bits per heavy atom. The summed E-state index contributed by atoms with van der Waals surface area (Å²) in [4.78, 5) is 0. The fourth-order valence-corrected chi connectivity index (χ4v) is 2.63. The van der Waals surface area contributed by atoms with Crippen LogP contribution >= 0.6 is 0 Å². The summed E-state index contributed by atoms with van der Waals surface area (Å²) in [5.41, 5.74) is 5.01. The molecule has 0 radical (unpaired) electrons. The van der Waals surface area contributed by atoms with Gasteiger partial charge in [-0.1, -0.05) is 187 Å². The Morgan fingerprint density at radius 1 is 0.569 bits per heavy atom. The largest absolute Gasteiger partial charge is 0.505 e. The quantitative estimate of drug-likeness (QED) is 0.129. The van der Waals surface area contributed by atoms with E-state index in [-0.39, 0.29) is 0 Å². The van der Waals surface area contributed by atoms with Crippen LogP contribution in [0.1, 0.15) is 98.4 Å². The monoisotopic (exact) mass is 803 g/mol. The topological polar surface area (TPSA) is 27.7 Å². The van der Waals surface area contributed by atoms with Gasteiger partial charge in [-0.25, -0.2) is 8.78 Å². The van der Waals surface area contributed by atoms with Crippen molar-refractivity contribution < 1.29 is 23.0 Å². The molecule has 0 saturated carbocycles. The molecule has 5 heteroatoms. The molecule has 0 unspecified atom stereocenters. The lowest BCUT2D eigenvalue weighted by Crippen LogP contribution is -1.78. The van der Waals surface area contributed by atoms with Crippen LogP contribution in [0.2, 0.25) is 0 Å². The molecule has 0 aromatic heterocycles. The average molecular weight is 803 g/mol. The van der Waals surface area contributed by atoms with Crippen molar-refractivity contribution in [1.82, 2.24) is 0 Å². The Kier molecular flexibility index (Phi) is 73.2. The summed E-state index contributed by atoms with van der Waals surface area (Å²) in [5.74, 6) is -0.785. The van der Waals surface area contributed by atoms with E-state index in [2.05, 4.69) is 91.8 Å². The van der Waals surface area contributed by atoms with Gasteiger partial charge in [0.1, 0.15) is 17.4 Å². The third kappa shape index (κ3) is 68.3. The van der Waals surface area contributed by atoms with E-state index in [1.165, 1.54) is 28.5 Å². The Bertz CT molecular complexity index is 1410. The molecule has 0 heterocycles. The summed E-state index contributed by atoms with van der Waals surface area (Å²) >= 11 is 0. The molecule has 0 fully saturated rings. The first-order chi connectivity index (χ1) is 27.8. The molecule has 0 amide bonds. The molecule has 3 aromatic rings. The minimum absolute atomic E-state index is 0.697. The van der Waals surface area contributed by atoms with E-state index in [1.54, 1.807) is 39.7 Å². The Labute approximate surface area is 356 Å². The summed E-state index contributed by atoms with van der Waals surface area (Å²) in [6.45, 7) is 37.5. The van der Waals surface area contributed by atoms with Gasteiger partial charge >= 0.3 is 0 Å². The predicted octanol–water partition coefficient (Wildman–Crippen LogP) is 17.6. The van der Waals surface area contributed by atoms with Gasteiger partial charge in [0.25, 0.3) is 0 Å². The van der Waals surface area contributed by atoms with Crippen molar-refractivity contribution >= 4 is 18.2 Å². The van der Waals surface area contributed by atoms with E-state index in [9.17, 15) is 8.78 Å². The first-order valence-electron chi connectivity index (χ1n) is 19.2. The molecule has 3 nitrogen and oxygen atoms in total. The van der Waals surface area contributed by atoms with Gasteiger partial charge in [-0.2, -0.15) is 0 Å². The first-order valence-corrected chi connectivity index (χ1v) is 19.2. The second kappa shape index (κ2) is 63.3. The van der Waals surface area contributed by atoms with Gasteiger partial charge in [-0.3, -0.25) is 0 Å². The van der Waals surface area contributed by atoms with Crippen LogP contribution in [0.3, 0.4) is 0 Å². The van der Waals surface area contributed by atoms with Crippen molar-refractivity contribution in [3.05, 3.63) is 213 Å². The molecular formula is C53H80F2O3. The maximum atomic E-state index is 11.3. The maximum Gasteiger partial charge on any atom is 0.128 e. The smallest absolute Gasteiger partial charge is 0.128 e. The fourth-order valence-electron chi connectivity index (χ4n) is 2.63. The van der Waals surface area contributed by atoms with Gasteiger partial charge in [0, 0.05) is 0 Å². The number of rotatable bonds is 8. The summed E-state index contributed by atoms with van der Waals surface area (Å²) in [6.07, 6.45) is 23.2. The second-order valence-corrected chi connectivity index (χ2v) is 10.2. The predicted molar refractivity (Wildman–Crippen MR) is 262 cm³/mol. The molecule has 0 aliphatic rings. The van der Waals surface area contributed by atoms with Gasteiger partial charge in [0.05, 0.1) is 33.9 Å². The molecule has 0 spiro atoms. The van der Waals surface area contributed by atoms with Crippen LogP contribution in [-0.4, -0.2) is 21.3 Å². The van der Waals surface area contributed by atoms with E-state index < -0.39 is 11.7 Å². The molecule has 0 aliphatic carbocycles. The number of hydrogen-bond acceptors (Lipinski definition) is 3. The number of aryl methyl sites for hydroxylation is 1. The van der Waals surface area contributed by atoms with Crippen LogP contribution in [0.25, 0.3) is 18.2 Å². The van der Waals surface area contributed by atoms with Crippen molar-refractivity contribution in [2.24, 2.45) is 0 Å². The number of halogens is 2. The van der Waals surface area contributed by atoms with Crippen LogP contribution in [0, 0.1) is 0 Å². The number of methoxy groups -OCH3 is 3. The van der Waals surface area contributed by atoms with Crippen LogP contribution in [0.4, 0.5) is 8.78 Å². The van der Waals surface area contributed by atoms with E-state index in [0.29, 0.717) is 5.76 Å². The van der Waals surface area contributed by atoms with Gasteiger partial charge in [-0.15, -0.1) is 6.58 Å². The molecule has 0 atom stereocenters. The highest BCUT2D eigenvalue weighted by atomic mass is 19.2. The Hall–Kier alpha value is -5.68. The summed E-state index contributed by atoms with van der Waals surface area (Å²) in [5, 5.41) is 0. The Balaban J connectivity index is -0.000000103. The van der Waals surface area contributed by atoms with E-state index in [1.807, 2.05) is 146 Å². The molecule has 3 aromatic carbocycles. The Morgan fingerprint density at radius 2 is 0.948 bits per heavy atom. The maximum absolute atomic E-state index is 11.3. The lowest BCUT2D eigenvalue weighted by atomic mass is 10.1. The van der Waals surface area contributed by atoms with Gasteiger partial charge < -0.3 is 14.2 Å². The van der Waals surface area contributed by atoms with Crippen LogP contribution in [0.5, 0.6) is 0 Å². The van der Waals surface area contributed by atoms with Crippen molar-refractivity contribution in [2.75, 3.05) is 21.3 Å². The van der Waals surface area contributed by atoms with Gasteiger partial charge in [0.2, 0.25) is 0 Å². The SMILES string of the molecule is C/C(F)=C(\C)F.C/C=C\C.C/C=C\OC.C/C=C\c1ccccc1.C=C(/C=C\C)OC.C=CC.C=COC.C=Cc1ccc(CC)cc1.C=Cc1ccccc1.CC. The molecule has 0 saturated heterocycles. The highest BCUT2D eigenvalue weighted by molar-refractivity contribution is 5.48.